The van der Waals surface area contributed by atoms with E-state index in [1.54, 1.807) is 6.92 Å². The number of rotatable bonds is 7. The largest absolute Gasteiger partial charge is 0.460 e. The molecule has 5 nitrogen and oxygen atoms in total. The predicted molar refractivity (Wildman–Crippen MR) is 93.7 cm³/mol. The standard InChI is InChI=1S/C19H26N2O3/c1-15(22)16-2-4-17(5-3-16)19-7-6-18(24-19)14-20-8-9-21-10-12-23-13-11-21/h2-7,15,20,22H,8-14H2,1H3/t15-/m1/s1. The second-order valence-corrected chi connectivity index (χ2v) is 6.19. The zero-order valence-corrected chi connectivity index (χ0v) is 14.2. The van der Waals surface area contributed by atoms with E-state index in [0.717, 1.165) is 68.6 Å². The maximum atomic E-state index is 9.56. The van der Waals surface area contributed by atoms with Crippen molar-refractivity contribution in [3.05, 3.63) is 47.7 Å². The van der Waals surface area contributed by atoms with Gasteiger partial charge < -0.3 is 19.6 Å². The fraction of sp³-hybridized carbons (Fsp3) is 0.474. The number of nitrogens with zero attached hydrogens (tertiary/aromatic N) is 1. The fourth-order valence-corrected chi connectivity index (χ4v) is 2.83. The van der Waals surface area contributed by atoms with Crippen molar-refractivity contribution >= 4 is 0 Å². The first-order chi connectivity index (χ1) is 11.7. The molecule has 3 rings (SSSR count). The predicted octanol–water partition coefficient (Wildman–Crippen LogP) is 2.42. The van der Waals surface area contributed by atoms with E-state index in [1.807, 2.05) is 36.4 Å². The molecule has 0 aliphatic carbocycles. The molecule has 1 aliphatic heterocycles. The van der Waals surface area contributed by atoms with E-state index in [0.29, 0.717) is 0 Å². The van der Waals surface area contributed by atoms with Crippen LogP contribution in [0, 0.1) is 0 Å². The van der Waals surface area contributed by atoms with Crippen LogP contribution >= 0.6 is 0 Å². The Morgan fingerprint density at radius 2 is 1.88 bits per heavy atom. The van der Waals surface area contributed by atoms with Gasteiger partial charge in [0.1, 0.15) is 11.5 Å². The Kier molecular flexibility index (Phi) is 6.04. The minimum absolute atomic E-state index is 0.443. The van der Waals surface area contributed by atoms with Gasteiger partial charge in [-0.3, -0.25) is 4.90 Å². The van der Waals surface area contributed by atoms with Crippen LogP contribution in [0.15, 0.2) is 40.8 Å². The van der Waals surface area contributed by atoms with Crippen LogP contribution in [0.1, 0.15) is 24.4 Å². The van der Waals surface area contributed by atoms with Crippen LogP contribution < -0.4 is 5.32 Å². The van der Waals surface area contributed by atoms with Gasteiger partial charge in [0.15, 0.2) is 0 Å². The molecule has 0 amide bonds. The quantitative estimate of drug-likeness (QED) is 0.764. The monoisotopic (exact) mass is 330 g/mol. The summed E-state index contributed by atoms with van der Waals surface area (Å²) in [5, 5.41) is 13.0. The van der Waals surface area contributed by atoms with Crippen molar-refractivity contribution in [3.63, 3.8) is 0 Å². The van der Waals surface area contributed by atoms with Crippen LogP contribution in [0.4, 0.5) is 0 Å². The number of morpholine rings is 1. The Bertz CT molecular complexity index is 616. The summed E-state index contributed by atoms with van der Waals surface area (Å²) in [6.07, 6.45) is -0.443. The van der Waals surface area contributed by atoms with Crippen LogP contribution in [-0.4, -0.2) is 49.4 Å². The lowest BCUT2D eigenvalue weighted by Crippen LogP contribution is -2.40. The number of nitrogens with one attached hydrogen (secondary N) is 1. The average Bonchev–Trinajstić information content (AvgIpc) is 3.09. The van der Waals surface area contributed by atoms with Crippen LogP contribution in [0.3, 0.4) is 0 Å². The van der Waals surface area contributed by atoms with Crippen molar-refractivity contribution in [1.29, 1.82) is 0 Å². The highest BCUT2D eigenvalue weighted by molar-refractivity contribution is 5.58. The minimum atomic E-state index is -0.443. The van der Waals surface area contributed by atoms with Crippen LogP contribution in [0.2, 0.25) is 0 Å². The SMILES string of the molecule is C[C@@H](O)c1ccc(-c2ccc(CNCCN3CCOCC3)o2)cc1. The van der Waals surface area contributed by atoms with Crippen molar-refractivity contribution in [2.45, 2.75) is 19.6 Å². The molecule has 0 saturated carbocycles. The Hall–Kier alpha value is -1.66. The molecule has 0 radical (unpaired) electrons. The van der Waals surface area contributed by atoms with E-state index >= 15 is 0 Å². The lowest BCUT2D eigenvalue weighted by molar-refractivity contribution is 0.0383. The maximum Gasteiger partial charge on any atom is 0.134 e. The van der Waals surface area contributed by atoms with Crippen molar-refractivity contribution in [1.82, 2.24) is 10.2 Å². The maximum absolute atomic E-state index is 9.56. The first kappa shape index (κ1) is 17.2. The molecular formula is C19H26N2O3. The van der Waals surface area contributed by atoms with Crippen LogP contribution in [-0.2, 0) is 11.3 Å². The number of aliphatic hydroxyl groups is 1. The molecule has 0 bridgehead atoms. The van der Waals surface area contributed by atoms with Gasteiger partial charge in [-0.2, -0.15) is 0 Å². The van der Waals surface area contributed by atoms with Gasteiger partial charge in [0.2, 0.25) is 0 Å². The third-order valence-electron chi connectivity index (χ3n) is 4.35. The Balaban J connectivity index is 1.46. The highest BCUT2D eigenvalue weighted by Gasteiger charge is 2.10. The summed E-state index contributed by atoms with van der Waals surface area (Å²) in [5.74, 6) is 1.80. The number of aliphatic hydroxyl groups excluding tert-OH is 1. The number of benzene rings is 1. The van der Waals surface area contributed by atoms with Crippen molar-refractivity contribution < 1.29 is 14.3 Å². The van der Waals surface area contributed by atoms with E-state index in [9.17, 15) is 5.11 Å². The molecule has 1 fully saturated rings. The summed E-state index contributed by atoms with van der Waals surface area (Å²) in [5.41, 5.74) is 1.94. The highest BCUT2D eigenvalue weighted by atomic mass is 16.5. The van der Waals surface area contributed by atoms with E-state index in [4.69, 9.17) is 9.15 Å². The van der Waals surface area contributed by atoms with Crippen molar-refractivity contribution in [3.8, 4) is 11.3 Å². The van der Waals surface area contributed by atoms with Gasteiger partial charge >= 0.3 is 0 Å². The summed E-state index contributed by atoms with van der Waals surface area (Å²) in [4.78, 5) is 2.41. The number of hydrogen-bond acceptors (Lipinski definition) is 5. The molecule has 1 aliphatic rings. The molecule has 0 unspecified atom stereocenters. The third kappa shape index (κ3) is 4.68. The van der Waals surface area contributed by atoms with Gasteiger partial charge in [0.25, 0.3) is 0 Å². The summed E-state index contributed by atoms with van der Waals surface area (Å²) in [7, 11) is 0. The molecule has 5 heteroatoms. The van der Waals surface area contributed by atoms with Crippen molar-refractivity contribution in [2.24, 2.45) is 0 Å². The Labute approximate surface area is 143 Å². The second kappa shape index (κ2) is 8.44. The zero-order valence-electron chi connectivity index (χ0n) is 14.2. The summed E-state index contributed by atoms with van der Waals surface area (Å²) < 4.78 is 11.3. The Morgan fingerprint density at radius 1 is 1.12 bits per heavy atom. The second-order valence-electron chi connectivity index (χ2n) is 6.19. The first-order valence-electron chi connectivity index (χ1n) is 8.60. The molecule has 1 atom stereocenters. The third-order valence-corrected chi connectivity index (χ3v) is 4.35. The highest BCUT2D eigenvalue weighted by Crippen LogP contribution is 2.24. The normalized spacial score (nSPS) is 17.1. The van der Waals surface area contributed by atoms with Gasteiger partial charge in [-0.05, 0) is 24.6 Å². The number of hydrogen-bond donors (Lipinski definition) is 2. The molecule has 1 aromatic carbocycles. The van der Waals surface area contributed by atoms with E-state index < -0.39 is 6.10 Å². The molecule has 0 spiro atoms. The van der Waals surface area contributed by atoms with Crippen LogP contribution in [0.5, 0.6) is 0 Å². The molecular weight excluding hydrogens is 304 g/mol. The van der Waals surface area contributed by atoms with Gasteiger partial charge in [-0.1, -0.05) is 24.3 Å². The lowest BCUT2D eigenvalue weighted by Gasteiger charge is -2.26. The molecule has 2 N–H and O–H groups in total. The lowest BCUT2D eigenvalue weighted by atomic mass is 10.1. The molecule has 24 heavy (non-hydrogen) atoms. The van der Waals surface area contributed by atoms with Gasteiger partial charge in [-0.25, -0.2) is 0 Å². The van der Waals surface area contributed by atoms with Gasteiger partial charge in [0.05, 0.1) is 25.9 Å². The van der Waals surface area contributed by atoms with E-state index in [-0.39, 0.29) is 0 Å². The van der Waals surface area contributed by atoms with E-state index in [2.05, 4.69) is 10.2 Å². The van der Waals surface area contributed by atoms with Gasteiger partial charge in [-0.15, -0.1) is 0 Å². The van der Waals surface area contributed by atoms with Crippen molar-refractivity contribution in [2.75, 3.05) is 39.4 Å². The Morgan fingerprint density at radius 3 is 2.58 bits per heavy atom. The fourth-order valence-electron chi connectivity index (χ4n) is 2.83. The van der Waals surface area contributed by atoms with Gasteiger partial charge in [0, 0.05) is 31.7 Å². The smallest absolute Gasteiger partial charge is 0.134 e. The molecule has 130 valence electrons. The number of ether oxygens (including phenoxy) is 1. The minimum Gasteiger partial charge on any atom is -0.460 e. The molecule has 1 saturated heterocycles. The summed E-state index contributed by atoms with van der Waals surface area (Å²) >= 11 is 0. The molecule has 2 heterocycles. The van der Waals surface area contributed by atoms with E-state index in [1.165, 1.54) is 0 Å². The first-order valence-corrected chi connectivity index (χ1v) is 8.60. The zero-order chi connectivity index (χ0) is 16.8. The molecule has 2 aromatic rings. The molecule has 1 aromatic heterocycles. The summed E-state index contributed by atoms with van der Waals surface area (Å²) in [6, 6.07) is 11.8. The van der Waals surface area contributed by atoms with Crippen LogP contribution in [0.25, 0.3) is 11.3 Å². The topological polar surface area (TPSA) is 57.9 Å². The average molecular weight is 330 g/mol. The summed E-state index contributed by atoms with van der Waals surface area (Å²) in [6.45, 7) is 8.21. The number of furan rings is 1.